The van der Waals surface area contributed by atoms with Crippen LogP contribution in [0.25, 0.3) is 0 Å². The first-order valence-electron chi connectivity index (χ1n) is 30.2. The normalized spacial score (nSPS) is 14.0. The van der Waals surface area contributed by atoms with Gasteiger partial charge in [0.1, 0.15) is 13.2 Å². The average molecular weight is 996 g/mol. The van der Waals surface area contributed by atoms with Crippen LogP contribution in [-0.4, -0.2) is 68.5 Å². The number of hydrogen-bond donors (Lipinski definition) is 2. The van der Waals surface area contributed by atoms with Crippen molar-refractivity contribution < 1.29 is 32.9 Å². The van der Waals surface area contributed by atoms with Crippen molar-refractivity contribution in [2.24, 2.45) is 0 Å². The number of amides is 1. The summed E-state index contributed by atoms with van der Waals surface area (Å²) in [5, 5.41) is 14.0. The molecule has 0 aliphatic heterocycles. The maximum Gasteiger partial charge on any atom is 0.268 e. The fraction of sp³-hybridized carbons (Fsp3) is 0.917. The van der Waals surface area contributed by atoms with Crippen molar-refractivity contribution >= 4 is 13.7 Å². The lowest BCUT2D eigenvalue weighted by atomic mass is 10.0. The van der Waals surface area contributed by atoms with Crippen LogP contribution in [0.5, 0.6) is 0 Å². The van der Waals surface area contributed by atoms with Crippen molar-refractivity contribution in [1.29, 1.82) is 0 Å². The Morgan fingerprint density at radius 3 is 1.20 bits per heavy atom. The maximum absolute atomic E-state index is 13.0. The van der Waals surface area contributed by atoms with E-state index in [1.807, 2.05) is 21.1 Å². The van der Waals surface area contributed by atoms with Crippen LogP contribution in [0.1, 0.15) is 303 Å². The summed E-state index contributed by atoms with van der Waals surface area (Å²) >= 11 is 0. The standard InChI is InChI=1S/C60H119N2O6P/c1-6-8-10-12-14-16-18-20-22-24-26-28-29-30-31-32-33-34-36-38-40-42-44-46-48-50-52-54-60(64)61-58(57-68-69(65,66)67-56-55-62(3,4)5)59(63)53-51-49-47-45-43-41-39-37-35-27-25-23-21-19-17-15-13-11-9-7-2/h26,28,30-31,58-59,63H,6-25,27,29,32-57H2,1-5H3,(H-,61,64,65,66)/b28-26-,31-30-. The number of carbonyl (C=O) groups is 1. The van der Waals surface area contributed by atoms with Crippen molar-refractivity contribution in [3.05, 3.63) is 24.3 Å². The van der Waals surface area contributed by atoms with Gasteiger partial charge in [-0.1, -0.05) is 276 Å². The van der Waals surface area contributed by atoms with E-state index in [0.717, 1.165) is 44.9 Å². The first kappa shape index (κ1) is 68.0. The van der Waals surface area contributed by atoms with Crippen molar-refractivity contribution in [3.8, 4) is 0 Å². The van der Waals surface area contributed by atoms with Crippen LogP contribution in [0.4, 0.5) is 0 Å². The van der Waals surface area contributed by atoms with E-state index in [0.29, 0.717) is 23.9 Å². The predicted octanol–water partition coefficient (Wildman–Crippen LogP) is 17.7. The van der Waals surface area contributed by atoms with Crippen molar-refractivity contribution in [2.45, 2.75) is 315 Å². The molecule has 0 spiro atoms. The van der Waals surface area contributed by atoms with Crippen LogP contribution < -0.4 is 10.2 Å². The van der Waals surface area contributed by atoms with Crippen LogP contribution in [-0.2, 0) is 18.4 Å². The largest absolute Gasteiger partial charge is 0.756 e. The maximum atomic E-state index is 13.0. The summed E-state index contributed by atoms with van der Waals surface area (Å²) in [4.78, 5) is 25.6. The molecule has 69 heavy (non-hydrogen) atoms. The number of nitrogens with zero attached hydrogens (tertiary/aromatic N) is 1. The van der Waals surface area contributed by atoms with Crippen molar-refractivity contribution in [3.63, 3.8) is 0 Å². The molecular weight excluding hydrogens is 876 g/mol. The second kappa shape index (κ2) is 51.9. The molecule has 9 heteroatoms. The minimum absolute atomic E-state index is 0.0132. The van der Waals surface area contributed by atoms with Gasteiger partial charge in [-0.3, -0.25) is 9.36 Å². The number of carbonyl (C=O) groups excluding carboxylic acids is 1. The number of likely N-dealkylation sites (N-methyl/N-ethyl adjacent to an activating group) is 1. The van der Waals surface area contributed by atoms with E-state index in [-0.39, 0.29) is 19.1 Å². The summed E-state index contributed by atoms with van der Waals surface area (Å²) < 4.78 is 23.4. The molecule has 2 N–H and O–H groups in total. The zero-order valence-corrected chi connectivity index (χ0v) is 47.7. The lowest BCUT2D eigenvalue weighted by Gasteiger charge is -2.30. The van der Waals surface area contributed by atoms with Gasteiger partial charge in [0, 0.05) is 6.42 Å². The third kappa shape index (κ3) is 54.6. The topological polar surface area (TPSA) is 108 Å². The van der Waals surface area contributed by atoms with E-state index >= 15 is 0 Å². The molecular formula is C60H119N2O6P. The lowest BCUT2D eigenvalue weighted by molar-refractivity contribution is -0.870. The number of quaternary nitrogens is 1. The zero-order chi connectivity index (χ0) is 50.6. The minimum atomic E-state index is -4.57. The SMILES string of the molecule is CCCCCCCCCCC/C=C\C/C=C\CCCCCCCCCCCCCC(=O)NC(COP(=O)([O-])OCC[N+](C)(C)C)C(O)CCCCCCCCCCCCCCCCCCCCCC. The number of aliphatic hydroxyl groups excluding tert-OH is 1. The van der Waals surface area contributed by atoms with Crippen molar-refractivity contribution in [2.75, 3.05) is 40.9 Å². The highest BCUT2D eigenvalue weighted by molar-refractivity contribution is 7.45. The third-order valence-electron chi connectivity index (χ3n) is 13.9. The van der Waals surface area contributed by atoms with Crippen molar-refractivity contribution in [1.82, 2.24) is 5.32 Å². The smallest absolute Gasteiger partial charge is 0.268 e. The molecule has 0 fully saturated rings. The summed E-state index contributed by atoms with van der Waals surface area (Å²) in [5.74, 6) is -0.162. The van der Waals surface area contributed by atoms with Crippen LogP contribution in [0, 0.1) is 0 Å². The minimum Gasteiger partial charge on any atom is -0.756 e. The molecule has 1 amide bonds. The van der Waals surface area contributed by atoms with Gasteiger partial charge in [-0.2, -0.15) is 0 Å². The second-order valence-electron chi connectivity index (χ2n) is 22.1. The summed E-state index contributed by atoms with van der Waals surface area (Å²) in [6.45, 7) is 4.76. The number of rotatable bonds is 56. The van der Waals surface area contributed by atoms with E-state index in [1.165, 1.54) is 231 Å². The molecule has 0 aromatic rings. The number of phosphoric acid groups is 1. The van der Waals surface area contributed by atoms with E-state index in [4.69, 9.17) is 9.05 Å². The fourth-order valence-electron chi connectivity index (χ4n) is 9.19. The Labute approximate surface area is 430 Å². The molecule has 0 heterocycles. The van der Waals surface area contributed by atoms with Gasteiger partial charge >= 0.3 is 0 Å². The van der Waals surface area contributed by atoms with Gasteiger partial charge < -0.3 is 28.8 Å². The average Bonchev–Trinajstić information content (AvgIpc) is 3.31. The van der Waals surface area contributed by atoms with Crippen LogP contribution in [0.2, 0.25) is 0 Å². The number of phosphoric ester groups is 1. The Morgan fingerprint density at radius 2 is 0.841 bits per heavy atom. The Hall–Kier alpha value is -1.02. The first-order chi connectivity index (χ1) is 33.5. The second-order valence-corrected chi connectivity index (χ2v) is 23.5. The van der Waals surface area contributed by atoms with E-state index in [2.05, 4.69) is 43.5 Å². The summed E-state index contributed by atoms with van der Waals surface area (Å²) in [6, 6.07) is -0.801. The Kier molecular flexibility index (Phi) is 51.1. The van der Waals surface area contributed by atoms with Gasteiger partial charge in [0.15, 0.2) is 0 Å². The molecule has 0 saturated heterocycles. The van der Waals surface area contributed by atoms with Gasteiger partial charge in [-0.05, 0) is 44.9 Å². The predicted molar refractivity (Wildman–Crippen MR) is 298 cm³/mol. The highest BCUT2D eigenvalue weighted by atomic mass is 31.2. The lowest BCUT2D eigenvalue weighted by Crippen LogP contribution is -2.46. The monoisotopic (exact) mass is 995 g/mol. The number of hydrogen-bond acceptors (Lipinski definition) is 6. The molecule has 0 rings (SSSR count). The molecule has 0 aliphatic rings. The zero-order valence-electron chi connectivity index (χ0n) is 46.8. The van der Waals surface area contributed by atoms with Crippen LogP contribution >= 0.6 is 7.82 Å². The third-order valence-corrected chi connectivity index (χ3v) is 14.9. The van der Waals surface area contributed by atoms with Gasteiger partial charge in [0.2, 0.25) is 5.91 Å². The van der Waals surface area contributed by atoms with Gasteiger partial charge in [-0.15, -0.1) is 0 Å². The molecule has 0 aliphatic carbocycles. The van der Waals surface area contributed by atoms with Crippen LogP contribution in [0.3, 0.4) is 0 Å². The summed E-state index contributed by atoms with van der Waals surface area (Å²) in [5.41, 5.74) is 0. The summed E-state index contributed by atoms with van der Waals surface area (Å²) in [7, 11) is 1.31. The molecule has 8 nitrogen and oxygen atoms in total. The first-order valence-corrected chi connectivity index (χ1v) is 31.6. The van der Waals surface area contributed by atoms with Gasteiger partial charge in [0.05, 0.1) is 39.9 Å². The number of allylic oxidation sites excluding steroid dienone is 4. The molecule has 3 unspecified atom stereocenters. The van der Waals surface area contributed by atoms with Crippen LogP contribution in [0.15, 0.2) is 24.3 Å². The molecule has 0 saturated carbocycles. The molecule has 0 aromatic heterocycles. The number of aliphatic hydroxyl groups is 1. The highest BCUT2D eigenvalue weighted by Crippen LogP contribution is 2.38. The molecule has 0 aromatic carbocycles. The van der Waals surface area contributed by atoms with E-state index in [1.54, 1.807) is 0 Å². The number of nitrogens with one attached hydrogen (secondary N) is 1. The highest BCUT2D eigenvalue weighted by Gasteiger charge is 2.24. The molecule has 0 radical (unpaired) electrons. The molecule has 0 bridgehead atoms. The Balaban J connectivity index is 4.12. The van der Waals surface area contributed by atoms with Gasteiger partial charge in [-0.25, -0.2) is 0 Å². The Morgan fingerprint density at radius 1 is 0.507 bits per heavy atom. The summed E-state index contributed by atoms with van der Waals surface area (Å²) in [6.07, 6.45) is 65.0. The molecule has 3 atom stereocenters. The fourth-order valence-corrected chi connectivity index (χ4v) is 9.91. The van der Waals surface area contributed by atoms with E-state index in [9.17, 15) is 19.4 Å². The molecule has 410 valence electrons. The Bertz CT molecular complexity index is 1170. The van der Waals surface area contributed by atoms with Gasteiger partial charge in [0.25, 0.3) is 7.82 Å². The quantitative estimate of drug-likeness (QED) is 0.0272. The van der Waals surface area contributed by atoms with E-state index < -0.39 is 20.0 Å². The number of unbranched alkanes of at least 4 members (excludes halogenated alkanes) is 39.